The van der Waals surface area contributed by atoms with Crippen LogP contribution in [0.4, 0.5) is 4.39 Å². The second-order valence-electron chi connectivity index (χ2n) is 7.24. The Kier molecular flexibility index (Phi) is 5.06. The smallest absolute Gasteiger partial charge is 0.238 e. The molecule has 3 rings (SSSR count). The Bertz CT molecular complexity index is 1010. The minimum atomic E-state index is -3.79. The zero-order chi connectivity index (χ0) is 19.8. The highest BCUT2D eigenvalue weighted by Gasteiger charge is 2.42. The number of hydrogen-bond acceptors (Lipinski definition) is 3. The molecule has 0 spiro atoms. The van der Waals surface area contributed by atoms with Crippen molar-refractivity contribution in [3.05, 3.63) is 65.5 Å². The van der Waals surface area contributed by atoms with Crippen molar-refractivity contribution in [2.24, 2.45) is 10.6 Å². The molecule has 2 aromatic rings. The lowest BCUT2D eigenvalue weighted by atomic mass is 9.76. The van der Waals surface area contributed by atoms with E-state index in [0.29, 0.717) is 17.6 Å². The number of sulfonamides is 1. The van der Waals surface area contributed by atoms with Gasteiger partial charge in [-0.2, -0.15) is 0 Å². The fourth-order valence-corrected chi connectivity index (χ4v) is 4.48. The first kappa shape index (κ1) is 19.5. The van der Waals surface area contributed by atoms with E-state index in [4.69, 9.17) is 5.14 Å². The first-order valence-electron chi connectivity index (χ1n) is 8.83. The van der Waals surface area contributed by atoms with Crippen LogP contribution in [0.2, 0.25) is 0 Å². The van der Waals surface area contributed by atoms with Crippen molar-refractivity contribution in [2.45, 2.75) is 38.0 Å². The molecule has 2 aromatic carbocycles. The zero-order valence-corrected chi connectivity index (χ0v) is 16.1. The summed E-state index contributed by atoms with van der Waals surface area (Å²) in [5.41, 5.74) is 2.55. The van der Waals surface area contributed by atoms with Crippen molar-refractivity contribution >= 4 is 27.0 Å². The number of allylic oxidation sites excluding steroid dienone is 2. The maximum Gasteiger partial charge on any atom is 0.238 e. The maximum atomic E-state index is 13.4. The molecule has 0 aromatic heterocycles. The lowest BCUT2D eigenvalue weighted by Gasteiger charge is -2.27. The summed E-state index contributed by atoms with van der Waals surface area (Å²) in [6.45, 7) is 4.11. The third-order valence-corrected chi connectivity index (χ3v) is 6.02. The van der Waals surface area contributed by atoms with E-state index >= 15 is 0 Å². The van der Waals surface area contributed by atoms with Gasteiger partial charge in [0.25, 0.3) is 0 Å². The minimum Gasteiger partial charge on any atom is -0.294 e. The summed E-state index contributed by atoms with van der Waals surface area (Å²) >= 11 is 0. The summed E-state index contributed by atoms with van der Waals surface area (Å²) < 4.78 is 36.4. The molecule has 142 valence electrons. The molecule has 2 N–H and O–H groups in total. The molecule has 0 radical (unpaired) electrons. The van der Waals surface area contributed by atoms with E-state index in [2.05, 4.69) is 6.92 Å². The summed E-state index contributed by atoms with van der Waals surface area (Å²) in [5.74, 6) is -0.344. The van der Waals surface area contributed by atoms with E-state index in [0.717, 1.165) is 24.0 Å². The average molecular weight is 387 g/mol. The van der Waals surface area contributed by atoms with Crippen molar-refractivity contribution in [3.8, 4) is 0 Å². The van der Waals surface area contributed by atoms with E-state index in [1.54, 1.807) is 24.3 Å². The Hall–Kier alpha value is -2.31. The Labute approximate surface area is 159 Å². The van der Waals surface area contributed by atoms with Gasteiger partial charge < -0.3 is 0 Å². The van der Waals surface area contributed by atoms with E-state index in [9.17, 15) is 17.6 Å². The predicted molar refractivity (Wildman–Crippen MR) is 104 cm³/mol. The van der Waals surface area contributed by atoms with Gasteiger partial charge in [0, 0.05) is 17.4 Å². The van der Waals surface area contributed by atoms with Crippen LogP contribution in [0.25, 0.3) is 11.1 Å². The fourth-order valence-electron chi connectivity index (χ4n) is 3.96. The Balaban J connectivity index is 2.22. The summed E-state index contributed by atoms with van der Waals surface area (Å²) in [5, 5.41) is 5.19. The van der Waals surface area contributed by atoms with Crippen molar-refractivity contribution < 1.29 is 17.6 Å². The van der Waals surface area contributed by atoms with Crippen molar-refractivity contribution in [2.75, 3.05) is 0 Å². The van der Waals surface area contributed by atoms with Gasteiger partial charge in [0.05, 0.1) is 4.90 Å². The molecule has 1 unspecified atom stereocenters. The molecule has 1 atom stereocenters. The van der Waals surface area contributed by atoms with E-state index < -0.39 is 10.0 Å². The molecule has 1 aliphatic carbocycles. The number of carbonyl (C=O) groups excluding carboxylic acids is 1. The van der Waals surface area contributed by atoms with Crippen LogP contribution in [0, 0.1) is 11.2 Å². The van der Waals surface area contributed by atoms with Gasteiger partial charge in [-0.1, -0.05) is 44.5 Å². The standard InChI is InChI=1S/C21H22FNO3S/c1-3-12-21(2)13-18(24)19(14-4-8-16(22)9-5-14)20(21)15-6-10-17(11-7-15)27(23,25)26/h4-11H,3,12-13H2,1-2H3,(H2,23,25,26). The number of nitrogens with two attached hydrogens (primary N) is 1. The summed E-state index contributed by atoms with van der Waals surface area (Å²) in [7, 11) is -3.79. The number of benzene rings is 2. The lowest BCUT2D eigenvalue weighted by molar-refractivity contribution is -0.114. The third-order valence-electron chi connectivity index (χ3n) is 5.09. The normalized spacial score (nSPS) is 20.4. The molecule has 0 saturated carbocycles. The van der Waals surface area contributed by atoms with E-state index in [-0.39, 0.29) is 21.9 Å². The molecule has 27 heavy (non-hydrogen) atoms. The Morgan fingerprint density at radius 1 is 1.04 bits per heavy atom. The van der Waals surface area contributed by atoms with Gasteiger partial charge >= 0.3 is 0 Å². The van der Waals surface area contributed by atoms with Crippen molar-refractivity contribution in [1.29, 1.82) is 0 Å². The summed E-state index contributed by atoms with van der Waals surface area (Å²) in [4.78, 5) is 12.9. The number of hydrogen-bond donors (Lipinski definition) is 1. The summed E-state index contributed by atoms with van der Waals surface area (Å²) in [6, 6.07) is 12.2. The van der Waals surface area contributed by atoms with Gasteiger partial charge in [-0.25, -0.2) is 17.9 Å². The average Bonchev–Trinajstić information content (AvgIpc) is 2.85. The number of ketones is 1. The molecule has 0 bridgehead atoms. The molecule has 0 amide bonds. The molecule has 0 saturated heterocycles. The summed E-state index contributed by atoms with van der Waals surface area (Å²) in [6.07, 6.45) is 2.09. The van der Waals surface area contributed by atoms with Gasteiger partial charge in [0.1, 0.15) is 5.82 Å². The second kappa shape index (κ2) is 7.02. The van der Waals surface area contributed by atoms with Crippen LogP contribution < -0.4 is 5.14 Å². The van der Waals surface area contributed by atoms with Crippen LogP contribution in [0.1, 0.15) is 44.2 Å². The van der Waals surface area contributed by atoms with E-state index in [1.807, 2.05) is 6.92 Å². The van der Waals surface area contributed by atoms with Gasteiger partial charge in [0.2, 0.25) is 10.0 Å². The number of halogens is 1. The molecule has 4 nitrogen and oxygen atoms in total. The number of carbonyl (C=O) groups is 1. The van der Waals surface area contributed by atoms with Crippen molar-refractivity contribution in [3.63, 3.8) is 0 Å². The number of Topliss-reactive ketones (excluding diaryl/α,β-unsaturated/α-hetero) is 1. The molecule has 0 heterocycles. The lowest BCUT2D eigenvalue weighted by Crippen LogP contribution is -2.16. The van der Waals surface area contributed by atoms with Gasteiger partial charge in [0.15, 0.2) is 5.78 Å². The minimum absolute atomic E-state index is 0.0167. The SMILES string of the molecule is CCCC1(C)CC(=O)C(c2ccc(F)cc2)=C1c1ccc(S(N)(=O)=O)cc1. The first-order chi connectivity index (χ1) is 12.7. The molecular weight excluding hydrogens is 365 g/mol. The van der Waals surface area contributed by atoms with Gasteiger partial charge in [-0.3, -0.25) is 4.79 Å². The second-order valence-corrected chi connectivity index (χ2v) is 8.80. The molecule has 0 aliphatic heterocycles. The van der Waals surface area contributed by atoms with Crippen LogP contribution in [0.5, 0.6) is 0 Å². The molecular formula is C21H22FNO3S. The highest BCUT2D eigenvalue weighted by atomic mass is 32.2. The molecule has 0 fully saturated rings. The first-order valence-corrected chi connectivity index (χ1v) is 10.4. The van der Waals surface area contributed by atoms with Gasteiger partial charge in [-0.15, -0.1) is 0 Å². The number of primary sulfonamides is 1. The van der Waals surface area contributed by atoms with Crippen LogP contribution in [-0.4, -0.2) is 14.2 Å². The predicted octanol–water partition coefficient (Wildman–Crippen LogP) is 4.16. The quantitative estimate of drug-likeness (QED) is 0.837. The zero-order valence-electron chi connectivity index (χ0n) is 15.3. The van der Waals surface area contributed by atoms with E-state index in [1.165, 1.54) is 24.3 Å². The van der Waals surface area contributed by atoms with Gasteiger partial charge in [-0.05, 0) is 47.4 Å². The Morgan fingerprint density at radius 3 is 2.11 bits per heavy atom. The van der Waals surface area contributed by atoms with Crippen LogP contribution >= 0.6 is 0 Å². The highest BCUT2D eigenvalue weighted by molar-refractivity contribution is 7.89. The highest BCUT2D eigenvalue weighted by Crippen LogP contribution is 2.52. The van der Waals surface area contributed by atoms with Crippen LogP contribution in [-0.2, 0) is 14.8 Å². The van der Waals surface area contributed by atoms with Crippen LogP contribution in [0.15, 0.2) is 53.4 Å². The molecule has 6 heteroatoms. The third kappa shape index (κ3) is 3.73. The fraction of sp³-hybridized carbons (Fsp3) is 0.286. The maximum absolute atomic E-state index is 13.4. The largest absolute Gasteiger partial charge is 0.294 e. The topological polar surface area (TPSA) is 77.2 Å². The monoisotopic (exact) mass is 387 g/mol. The number of rotatable bonds is 5. The molecule has 1 aliphatic rings. The van der Waals surface area contributed by atoms with Crippen molar-refractivity contribution in [1.82, 2.24) is 0 Å². The van der Waals surface area contributed by atoms with Crippen LogP contribution in [0.3, 0.4) is 0 Å². The Morgan fingerprint density at radius 2 is 1.59 bits per heavy atom.